The molecule has 0 radical (unpaired) electrons. The van der Waals surface area contributed by atoms with Crippen molar-refractivity contribution in [1.29, 1.82) is 0 Å². The lowest BCUT2D eigenvalue weighted by Crippen LogP contribution is -2.02. The third-order valence-electron chi connectivity index (χ3n) is 3.90. The van der Waals surface area contributed by atoms with Gasteiger partial charge in [0.1, 0.15) is 11.6 Å². The molecule has 2 heterocycles. The van der Waals surface area contributed by atoms with Crippen molar-refractivity contribution in [2.75, 3.05) is 0 Å². The van der Waals surface area contributed by atoms with E-state index in [1.165, 1.54) is 30.0 Å². The molecule has 0 N–H and O–H groups in total. The van der Waals surface area contributed by atoms with Gasteiger partial charge in [0.25, 0.3) is 0 Å². The molecule has 0 aliphatic carbocycles. The first-order chi connectivity index (χ1) is 13.2. The number of halogens is 2. The zero-order valence-electron chi connectivity index (χ0n) is 14.1. The highest BCUT2D eigenvalue weighted by Gasteiger charge is 2.18. The Morgan fingerprint density at radius 3 is 2.59 bits per heavy atom. The minimum absolute atomic E-state index is 0.292. The molecule has 27 heavy (non-hydrogen) atoms. The SMILES string of the molecule is Fc1cccc(CSc2nnc(-c3cccnc3)n2-c2ccccc2F)c1. The summed E-state index contributed by atoms with van der Waals surface area (Å²) < 4.78 is 29.6. The third kappa shape index (κ3) is 3.73. The van der Waals surface area contributed by atoms with Crippen molar-refractivity contribution in [3.63, 3.8) is 0 Å². The maximum absolute atomic E-state index is 14.5. The molecule has 0 spiro atoms. The highest BCUT2D eigenvalue weighted by molar-refractivity contribution is 7.98. The average Bonchev–Trinajstić information content (AvgIpc) is 3.11. The molecule has 0 bridgehead atoms. The fourth-order valence-electron chi connectivity index (χ4n) is 2.67. The smallest absolute Gasteiger partial charge is 0.196 e. The number of hydrogen-bond donors (Lipinski definition) is 0. The molecule has 0 amide bonds. The molecule has 4 nitrogen and oxygen atoms in total. The summed E-state index contributed by atoms with van der Waals surface area (Å²) in [6.45, 7) is 0. The van der Waals surface area contributed by atoms with E-state index >= 15 is 0 Å². The monoisotopic (exact) mass is 380 g/mol. The van der Waals surface area contributed by atoms with E-state index in [-0.39, 0.29) is 11.6 Å². The Kier molecular flexibility index (Phi) is 4.93. The molecule has 0 atom stereocenters. The normalized spacial score (nSPS) is 10.9. The first-order valence-corrected chi connectivity index (χ1v) is 9.19. The molecule has 0 unspecified atom stereocenters. The van der Waals surface area contributed by atoms with E-state index in [1.54, 1.807) is 47.3 Å². The summed E-state index contributed by atoms with van der Waals surface area (Å²) in [5, 5.41) is 9.00. The highest BCUT2D eigenvalue weighted by Crippen LogP contribution is 2.30. The Hall–Kier alpha value is -3.06. The van der Waals surface area contributed by atoms with E-state index in [0.29, 0.717) is 22.4 Å². The van der Waals surface area contributed by atoms with Crippen LogP contribution in [0.5, 0.6) is 0 Å². The van der Waals surface area contributed by atoms with E-state index < -0.39 is 0 Å². The summed E-state index contributed by atoms with van der Waals surface area (Å²) in [6.07, 6.45) is 3.31. The van der Waals surface area contributed by atoms with Crippen LogP contribution in [0, 0.1) is 11.6 Å². The Balaban J connectivity index is 1.76. The lowest BCUT2D eigenvalue weighted by molar-refractivity contribution is 0.613. The average molecular weight is 380 g/mol. The van der Waals surface area contributed by atoms with E-state index in [0.717, 1.165) is 11.1 Å². The van der Waals surface area contributed by atoms with Crippen LogP contribution in [-0.2, 0) is 5.75 Å². The predicted octanol–water partition coefficient (Wildman–Crippen LogP) is 4.90. The fraction of sp³-hybridized carbons (Fsp3) is 0.0500. The topological polar surface area (TPSA) is 43.6 Å². The number of benzene rings is 2. The maximum atomic E-state index is 14.5. The van der Waals surface area contributed by atoms with Crippen molar-refractivity contribution in [3.05, 3.63) is 90.3 Å². The third-order valence-corrected chi connectivity index (χ3v) is 4.90. The van der Waals surface area contributed by atoms with Crippen LogP contribution in [0.15, 0.2) is 78.2 Å². The molecule has 4 aromatic rings. The van der Waals surface area contributed by atoms with E-state index in [9.17, 15) is 8.78 Å². The van der Waals surface area contributed by atoms with Crippen molar-refractivity contribution < 1.29 is 8.78 Å². The Labute approximate surface area is 158 Å². The van der Waals surface area contributed by atoms with Crippen LogP contribution >= 0.6 is 11.8 Å². The quantitative estimate of drug-likeness (QED) is 0.462. The van der Waals surface area contributed by atoms with Crippen LogP contribution in [0.2, 0.25) is 0 Å². The highest BCUT2D eigenvalue weighted by atomic mass is 32.2. The van der Waals surface area contributed by atoms with E-state index in [2.05, 4.69) is 15.2 Å². The van der Waals surface area contributed by atoms with Gasteiger partial charge in [-0.1, -0.05) is 36.0 Å². The maximum Gasteiger partial charge on any atom is 0.196 e. The number of para-hydroxylation sites is 1. The van der Waals surface area contributed by atoms with Crippen molar-refractivity contribution in [1.82, 2.24) is 19.7 Å². The molecule has 4 rings (SSSR count). The largest absolute Gasteiger partial charge is 0.267 e. The predicted molar refractivity (Wildman–Crippen MR) is 101 cm³/mol. The molecule has 0 saturated carbocycles. The van der Waals surface area contributed by atoms with Gasteiger partial charge in [0, 0.05) is 23.7 Å². The number of thioether (sulfide) groups is 1. The molecule has 0 fully saturated rings. The number of aromatic nitrogens is 4. The summed E-state index contributed by atoms with van der Waals surface area (Å²) in [7, 11) is 0. The van der Waals surface area contributed by atoms with Gasteiger partial charge >= 0.3 is 0 Å². The molecular formula is C20H14F2N4S. The Morgan fingerprint density at radius 1 is 0.926 bits per heavy atom. The number of nitrogens with zero attached hydrogens (tertiary/aromatic N) is 4. The van der Waals surface area contributed by atoms with Gasteiger partial charge in [-0.2, -0.15) is 0 Å². The Morgan fingerprint density at radius 2 is 1.81 bits per heavy atom. The van der Waals surface area contributed by atoms with Crippen molar-refractivity contribution >= 4 is 11.8 Å². The summed E-state index contributed by atoms with van der Waals surface area (Å²) in [5.74, 6) is 0.307. The van der Waals surface area contributed by atoms with Crippen LogP contribution in [0.25, 0.3) is 17.1 Å². The number of pyridine rings is 1. The molecule has 0 aliphatic rings. The van der Waals surface area contributed by atoms with Gasteiger partial charge in [0.05, 0.1) is 5.69 Å². The van der Waals surface area contributed by atoms with Gasteiger partial charge in [0.15, 0.2) is 11.0 Å². The standard InChI is InChI=1S/C20H14F2N4S/c21-16-7-3-5-14(11-16)13-27-20-25-24-19(15-6-4-10-23-12-15)26(20)18-9-2-1-8-17(18)22/h1-12H,13H2. The minimum Gasteiger partial charge on any atom is -0.267 e. The summed E-state index contributed by atoms with van der Waals surface area (Å²) in [5.41, 5.74) is 1.89. The second-order valence-electron chi connectivity index (χ2n) is 5.75. The lowest BCUT2D eigenvalue weighted by atomic mass is 10.2. The molecule has 2 aromatic heterocycles. The van der Waals surface area contributed by atoms with Crippen LogP contribution in [-0.4, -0.2) is 19.7 Å². The Bertz CT molecular complexity index is 1070. The zero-order chi connectivity index (χ0) is 18.6. The molecule has 7 heteroatoms. The zero-order valence-corrected chi connectivity index (χ0v) is 14.9. The summed E-state index contributed by atoms with van der Waals surface area (Å²) in [4.78, 5) is 4.11. The molecular weight excluding hydrogens is 366 g/mol. The van der Waals surface area contributed by atoms with Crippen LogP contribution in [0.4, 0.5) is 8.78 Å². The fourth-order valence-corrected chi connectivity index (χ4v) is 3.56. The van der Waals surface area contributed by atoms with Gasteiger partial charge < -0.3 is 0 Å². The summed E-state index contributed by atoms with van der Waals surface area (Å²) in [6, 6.07) is 16.4. The minimum atomic E-state index is -0.380. The molecule has 0 aliphatic heterocycles. The summed E-state index contributed by atoms with van der Waals surface area (Å²) >= 11 is 1.36. The van der Waals surface area contributed by atoms with Gasteiger partial charge in [0.2, 0.25) is 0 Å². The van der Waals surface area contributed by atoms with Crippen molar-refractivity contribution in [2.24, 2.45) is 0 Å². The van der Waals surface area contributed by atoms with Crippen molar-refractivity contribution in [3.8, 4) is 17.1 Å². The van der Waals surface area contributed by atoms with Gasteiger partial charge in [-0.05, 0) is 42.0 Å². The van der Waals surface area contributed by atoms with Crippen LogP contribution in [0.3, 0.4) is 0 Å². The molecule has 2 aromatic carbocycles. The second-order valence-corrected chi connectivity index (χ2v) is 6.70. The van der Waals surface area contributed by atoms with Gasteiger partial charge in [-0.25, -0.2) is 8.78 Å². The lowest BCUT2D eigenvalue weighted by Gasteiger charge is -2.11. The van der Waals surface area contributed by atoms with E-state index in [4.69, 9.17) is 0 Å². The molecule has 134 valence electrons. The first-order valence-electron chi connectivity index (χ1n) is 8.20. The van der Waals surface area contributed by atoms with Crippen LogP contribution < -0.4 is 0 Å². The van der Waals surface area contributed by atoms with Gasteiger partial charge in [-0.15, -0.1) is 10.2 Å². The number of hydrogen-bond acceptors (Lipinski definition) is 4. The first kappa shape index (κ1) is 17.4. The van der Waals surface area contributed by atoms with Gasteiger partial charge in [-0.3, -0.25) is 9.55 Å². The van der Waals surface area contributed by atoms with Crippen molar-refractivity contribution in [2.45, 2.75) is 10.9 Å². The molecule has 0 saturated heterocycles. The van der Waals surface area contributed by atoms with E-state index in [1.807, 2.05) is 12.1 Å². The number of rotatable bonds is 5. The second kappa shape index (κ2) is 7.67. The van der Waals surface area contributed by atoms with Crippen LogP contribution in [0.1, 0.15) is 5.56 Å².